The molecular formula is C113H108F5N23O6. The van der Waals surface area contributed by atoms with Gasteiger partial charge >= 0.3 is 0 Å². The van der Waals surface area contributed by atoms with Crippen LogP contribution >= 0.6 is 0 Å². The molecule has 147 heavy (non-hydrogen) atoms. The highest BCUT2D eigenvalue weighted by atomic mass is 19.1. The van der Waals surface area contributed by atoms with Gasteiger partial charge in [-0.25, -0.2) is 27.5 Å². The molecule has 22 rings (SSSR count). The van der Waals surface area contributed by atoms with E-state index in [0.717, 1.165) is 145 Å². The number of likely N-dealkylation sites (N-methyl/N-ethyl adjacent to an activating group) is 1. The molecule has 2 aliphatic rings. The summed E-state index contributed by atoms with van der Waals surface area (Å²) in [4.78, 5) is 40.2. The SMILES string of the molecule is COc1cccc(F)c1CCc1ccc(-c2ccc(C)nc2)c2nncn12.COc1cccc(F)c1CCc1ccc(-c2cccnc2F)c2nncn12.COc1cccc(F)c1CCc1ccc(-c2cncc(C)c2)c2nncn12.COc1cccc(F)c1CCc1ccc(-c2cncc(N3CCCC3=O)c2)c2nncn12.COc1ccccc1CCc1ccc(-c2ccc(N3CC(C)N(C)CC3C)nc2)c2nncn12. The average Bonchev–Trinajstić information content (AvgIpc) is 1.70. The lowest BCUT2D eigenvalue weighted by Crippen LogP contribution is -2.55. The van der Waals surface area contributed by atoms with Crippen LogP contribution in [-0.4, -0.2) is 183 Å². The van der Waals surface area contributed by atoms with E-state index in [1.165, 1.54) is 48.8 Å². The van der Waals surface area contributed by atoms with Crippen molar-refractivity contribution in [2.75, 3.05) is 72.0 Å². The maximum Gasteiger partial charge on any atom is 0.227 e. The highest BCUT2D eigenvalue weighted by Gasteiger charge is 2.30. The standard InChI is InChI=1S/C27H32N6O.C24H22FN5O2.2C21H19FN4O.C20H16F2N4O/c1-19-17-32(20(2)16-31(19)3)26-14-10-22(15-28-26)24-13-12-23(33-18-29-30-27(24)33)11-9-21-7-5-6-8-25(21)34-4;1-32-22-5-2-4-21(25)20(22)10-8-17-7-9-19(24-28-27-15-30(17)24)16-12-18(14-26-13-16)29-11-3-6-23(29)31;1-14-10-15(12-23-11-14)17-8-6-16(26-13-24-25-21(17)26)7-9-18-19(22)4-3-5-20(18)27-2;1-14-6-7-15(12-23-14)17-10-8-16(26-13-24-25-21(17)26)9-11-18-19(22)4-3-5-20(18)27-2;1-27-18-6-2-5-17(21)16(18)10-8-13-7-9-15(20-25-24-12-26(13)20)14-4-3-11-23-19(14)22/h5-8,10,12-15,18-20H,9,11,16-17H2,1-4H3;2,4-5,7,9,12-15H,3,6,8,10-11H2,1H3;3-6,8,10-13H,7,9H2,1-2H3;3-8,10,12-13H,9,11H2,1-2H3;2-7,9,11-12H,8,10H2,1H3. The van der Waals surface area contributed by atoms with Crippen LogP contribution in [0.5, 0.6) is 28.7 Å². The van der Waals surface area contributed by atoms with Crippen molar-refractivity contribution in [3.8, 4) is 84.4 Å². The molecule has 0 aliphatic carbocycles. The number of carbonyl (C=O) groups is 1. The third kappa shape index (κ3) is 22.3. The molecule has 2 fully saturated rings. The minimum absolute atomic E-state index is 0.121. The molecule has 15 aromatic heterocycles. The molecule has 5 aromatic carbocycles. The number of piperazine rings is 1. The first-order valence-corrected chi connectivity index (χ1v) is 48.3. The first kappa shape index (κ1) is 99.9. The number of anilines is 2. The van der Waals surface area contributed by atoms with Gasteiger partial charge in [0.25, 0.3) is 0 Å². The molecule has 746 valence electrons. The average molecular weight is 1980 g/mol. The molecule has 0 saturated carbocycles. The molecule has 20 aromatic rings. The molecule has 0 N–H and O–H groups in total. The van der Waals surface area contributed by atoms with Crippen LogP contribution in [0.25, 0.3) is 83.9 Å². The van der Waals surface area contributed by atoms with Gasteiger partial charge in [0.05, 0.1) is 47.4 Å². The number of pyridine rings is 10. The highest BCUT2D eigenvalue weighted by molar-refractivity contribution is 5.96. The molecule has 2 unspecified atom stereocenters. The van der Waals surface area contributed by atoms with Crippen molar-refractivity contribution in [2.24, 2.45) is 0 Å². The second kappa shape index (κ2) is 46.0. The summed E-state index contributed by atoms with van der Waals surface area (Å²) < 4.78 is 107. The van der Waals surface area contributed by atoms with Gasteiger partial charge in [0.15, 0.2) is 28.2 Å². The monoisotopic (exact) mass is 1980 g/mol. The number of carbonyl (C=O) groups excluding carboxylic acids is 1. The van der Waals surface area contributed by atoms with Crippen molar-refractivity contribution in [2.45, 2.75) is 117 Å². The van der Waals surface area contributed by atoms with Crippen LogP contribution in [0.3, 0.4) is 0 Å². The zero-order chi connectivity index (χ0) is 102. The Hall–Kier alpha value is -17.2. The summed E-state index contributed by atoms with van der Waals surface area (Å²) in [5, 5.41) is 41.8. The number of para-hydroxylation sites is 1. The zero-order valence-electron chi connectivity index (χ0n) is 82.9. The van der Waals surface area contributed by atoms with Gasteiger partial charge in [-0.3, -0.25) is 46.6 Å². The number of aryl methyl sites for hydroxylation is 8. The summed E-state index contributed by atoms with van der Waals surface area (Å²) in [6.07, 6.45) is 28.3. The number of aromatic nitrogens is 20. The number of hydrogen-bond acceptors (Lipinski definition) is 23. The van der Waals surface area contributed by atoms with Crippen LogP contribution in [-0.2, 0) is 69.0 Å². The Morgan fingerprint density at radius 3 is 1.16 bits per heavy atom. The van der Waals surface area contributed by atoms with E-state index in [1.54, 1.807) is 149 Å². The van der Waals surface area contributed by atoms with E-state index in [1.807, 2.05) is 125 Å². The second-order valence-corrected chi connectivity index (χ2v) is 35.9. The van der Waals surface area contributed by atoms with Gasteiger partial charge in [-0.15, -0.1) is 51.0 Å². The Balaban J connectivity index is 0.000000121. The molecule has 2 aliphatic heterocycles. The van der Waals surface area contributed by atoms with Gasteiger partial charge in [-0.1, -0.05) is 48.5 Å². The molecule has 29 nitrogen and oxygen atoms in total. The largest absolute Gasteiger partial charge is 0.496 e. The Labute approximate surface area is 845 Å². The van der Waals surface area contributed by atoms with Crippen LogP contribution in [0.15, 0.2) is 281 Å². The van der Waals surface area contributed by atoms with Crippen molar-refractivity contribution in [3.05, 3.63) is 378 Å². The molecule has 34 heteroatoms. The molecule has 0 radical (unpaired) electrons. The maximum atomic E-state index is 14.3. The van der Waals surface area contributed by atoms with Crippen LogP contribution in [0.4, 0.5) is 33.5 Å². The number of fused-ring (bicyclic) bond motifs is 5. The maximum absolute atomic E-state index is 14.3. The Morgan fingerprint density at radius 1 is 0.354 bits per heavy atom. The molecule has 0 bridgehead atoms. The van der Waals surface area contributed by atoms with Crippen LogP contribution < -0.4 is 33.5 Å². The van der Waals surface area contributed by atoms with Crippen molar-refractivity contribution < 1.29 is 50.4 Å². The Kier molecular flexibility index (Phi) is 31.3. The number of rotatable bonds is 27. The van der Waals surface area contributed by atoms with Gasteiger partial charge in [-0.2, -0.15) is 4.39 Å². The van der Waals surface area contributed by atoms with Gasteiger partial charge in [0.2, 0.25) is 11.9 Å². The number of benzene rings is 5. The first-order chi connectivity index (χ1) is 71.7. The van der Waals surface area contributed by atoms with Gasteiger partial charge in [0.1, 0.15) is 89.5 Å². The number of ether oxygens (including phenoxy) is 5. The third-order valence-corrected chi connectivity index (χ3v) is 26.8. The normalized spacial score (nSPS) is 13.5. The fraction of sp³-hybridized carbons (Fsp3) is 0.239. The number of methoxy groups -OCH3 is 5. The quantitative estimate of drug-likeness (QED) is 0.0341. The van der Waals surface area contributed by atoms with Crippen molar-refractivity contribution >= 4 is 45.6 Å². The van der Waals surface area contributed by atoms with E-state index < -0.39 is 5.95 Å². The minimum atomic E-state index is -0.564. The fourth-order valence-electron chi connectivity index (χ4n) is 18.9. The van der Waals surface area contributed by atoms with E-state index in [2.05, 4.69) is 148 Å². The molecule has 17 heterocycles. The molecule has 0 spiro atoms. The van der Waals surface area contributed by atoms with E-state index in [0.29, 0.717) is 144 Å². The molecule has 2 saturated heterocycles. The van der Waals surface area contributed by atoms with Crippen LogP contribution in [0.1, 0.15) is 94.2 Å². The lowest BCUT2D eigenvalue weighted by atomic mass is 10.0. The first-order valence-electron chi connectivity index (χ1n) is 48.3. The van der Waals surface area contributed by atoms with E-state index in [4.69, 9.17) is 28.7 Å². The van der Waals surface area contributed by atoms with E-state index >= 15 is 0 Å². The summed E-state index contributed by atoms with van der Waals surface area (Å²) in [5.41, 5.74) is 23.6. The zero-order valence-corrected chi connectivity index (χ0v) is 82.9. The highest BCUT2D eigenvalue weighted by Crippen LogP contribution is 2.37. The smallest absolute Gasteiger partial charge is 0.227 e. The van der Waals surface area contributed by atoms with Crippen molar-refractivity contribution in [1.82, 2.24) is 103 Å². The summed E-state index contributed by atoms with van der Waals surface area (Å²) in [6, 6.07) is 64.2. The minimum Gasteiger partial charge on any atom is -0.496 e. The summed E-state index contributed by atoms with van der Waals surface area (Å²) >= 11 is 0. The molecule has 1 amide bonds. The van der Waals surface area contributed by atoms with Gasteiger partial charge in [-0.05, 0) is 274 Å². The van der Waals surface area contributed by atoms with Crippen LogP contribution in [0, 0.1) is 43.1 Å². The Morgan fingerprint density at radius 2 is 0.755 bits per heavy atom. The number of hydrogen-bond donors (Lipinski definition) is 0. The third-order valence-electron chi connectivity index (χ3n) is 26.8. The van der Waals surface area contributed by atoms with Gasteiger partial charge in [0, 0.05) is 187 Å². The van der Waals surface area contributed by atoms with Gasteiger partial charge < -0.3 is 33.5 Å². The number of amides is 1. The van der Waals surface area contributed by atoms with Crippen molar-refractivity contribution in [1.29, 1.82) is 0 Å². The van der Waals surface area contributed by atoms with E-state index in [-0.39, 0.29) is 29.2 Å². The predicted molar refractivity (Wildman–Crippen MR) is 553 cm³/mol. The second-order valence-electron chi connectivity index (χ2n) is 35.9. The molecule has 2 atom stereocenters. The van der Waals surface area contributed by atoms with E-state index in [9.17, 15) is 26.7 Å². The fourth-order valence-corrected chi connectivity index (χ4v) is 18.9. The Bertz CT molecular complexity index is 8040. The summed E-state index contributed by atoms with van der Waals surface area (Å²) in [5.74, 6) is 2.62. The number of nitrogens with zero attached hydrogens (tertiary/aromatic N) is 23. The lowest BCUT2D eigenvalue weighted by molar-refractivity contribution is -0.117. The number of halogens is 5. The lowest BCUT2D eigenvalue weighted by Gasteiger charge is -2.43. The summed E-state index contributed by atoms with van der Waals surface area (Å²) in [7, 11) is 10.1. The molecular weight excluding hydrogens is 1870 g/mol. The predicted octanol–water partition coefficient (Wildman–Crippen LogP) is 19.9. The topological polar surface area (TPSA) is 288 Å². The van der Waals surface area contributed by atoms with Crippen molar-refractivity contribution in [3.63, 3.8) is 0 Å². The summed E-state index contributed by atoms with van der Waals surface area (Å²) in [6.45, 7) is 11.2. The van der Waals surface area contributed by atoms with Crippen LogP contribution in [0.2, 0.25) is 0 Å².